The second-order valence-electron chi connectivity index (χ2n) is 6.23. The number of piperazine rings is 1. The van der Waals surface area contributed by atoms with Gasteiger partial charge in [0.05, 0.1) is 17.7 Å². The molecule has 10 heteroatoms. The lowest BCUT2D eigenvalue weighted by Gasteiger charge is -2.35. The van der Waals surface area contributed by atoms with Crippen LogP contribution in [0.5, 0.6) is 5.75 Å². The minimum atomic E-state index is -4.65. The largest absolute Gasteiger partial charge is 0.497 e. The predicted octanol–water partition coefficient (Wildman–Crippen LogP) is 3.88. The van der Waals surface area contributed by atoms with Crippen molar-refractivity contribution < 1.29 is 26.3 Å². The van der Waals surface area contributed by atoms with E-state index in [2.05, 4.69) is 0 Å². The van der Waals surface area contributed by atoms with Crippen molar-refractivity contribution >= 4 is 27.3 Å². The Hall–Kier alpha value is -1.97. The molecule has 152 valence electrons. The SMILES string of the molecule is COc1ccc(N2CCN(S(=O)(=O)c3cc(C(F)(F)F)ccc3Cl)CC2)cc1. The average Bonchev–Trinajstić information content (AvgIpc) is 2.67. The topological polar surface area (TPSA) is 49.9 Å². The zero-order valence-electron chi connectivity index (χ0n) is 14.9. The Kier molecular flexibility index (Phi) is 5.79. The van der Waals surface area contributed by atoms with Crippen LogP contribution in [0, 0.1) is 0 Å². The Morgan fingerprint density at radius 2 is 1.61 bits per heavy atom. The molecule has 0 aromatic heterocycles. The molecule has 2 aromatic rings. The zero-order chi connectivity index (χ0) is 20.5. The smallest absolute Gasteiger partial charge is 0.416 e. The second kappa shape index (κ2) is 7.81. The van der Waals surface area contributed by atoms with Gasteiger partial charge in [-0.25, -0.2) is 8.42 Å². The van der Waals surface area contributed by atoms with Gasteiger partial charge in [0.1, 0.15) is 10.6 Å². The van der Waals surface area contributed by atoms with E-state index in [1.807, 2.05) is 17.0 Å². The van der Waals surface area contributed by atoms with E-state index in [1.54, 1.807) is 19.2 Å². The zero-order valence-corrected chi connectivity index (χ0v) is 16.5. The van der Waals surface area contributed by atoms with Gasteiger partial charge in [0.2, 0.25) is 10.0 Å². The van der Waals surface area contributed by atoms with Gasteiger partial charge in [-0.3, -0.25) is 0 Å². The second-order valence-corrected chi connectivity index (χ2v) is 8.55. The molecule has 0 atom stereocenters. The molecule has 0 amide bonds. The van der Waals surface area contributed by atoms with E-state index in [-0.39, 0.29) is 18.1 Å². The van der Waals surface area contributed by atoms with E-state index in [1.165, 1.54) is 0 Å². The van der Waals surface area contributed by atoms with Crippen LogP contribution in [0.15, 0.2) is 47.4 Å². The molecule has 0 aliphatic carbocycles. The summed E-state index contributed by atoms with van der Waals surface area (Å²) in [6.45, 7) is 1.09. The molecule has 0 saturated carbocycles. The van der Waals surface area contributed by atoms with Crippen LogP contribution in [-0.2, 0) is 16.2 Å². The van der Waals surface area contributed by atoms with Gasteiger partial charge >= 0.3 is 6.18 Å². The number of alkyl halides is 3. The Morgan fingerprint density at radius 3 is 2.14 bits per heavy atom. The van der Waals surface area contributed by atoms with E-state index in [4.69, 9.17) is 16.3 Å². The maximum Gasteiger partial charge on any atom is 0.416 e. The van der Waals surface area contributed by atoms with Crippen molar-refractivity contribution in [3.05, 3.63) is 53.1 Å². The molecule has 1 aliphatic rings. The Morgan fingerprint density at radius 1 is 1.00 bits per heavy atom. The summed E-state index contributed by atoms with van der Waals surface area (Å²) < 4.78 is 70.8. The fourth-order valence-corrected chi connectivity index (χ4v) is 4.92. The lowest BCUT2D eigenvalue weighted by Crippen LogP contribution is -2.48. The van der Waals surface area contributed by atoms with Crippen molar-refractivity contribution in [2.75, 3.05) is 38.2 Å². The van der Waals surface area contributed by atoms with Gasteiger partial charge in [0.15, 0.2) is 0 Å². The van der Waals surface area contributed by atoms with Crippen molar-refractivity contribution in [3.63, 3.8) is 0 Å². The number of anilines is 1. The third-order valence-electron chi connectivity index (χ3n) is 4.55. The first-order valence-electron chi connectivity index (χ1n) is 8.39. The summed E-state index contributed by atoms with van der Waals surface area (Å²) in [7, 11) is -2.57. The summed E-state index contributed by atoms with van der Waals surface area (Å²) in [5.74, 6) is 0.712. The average molecular weight is 435 g/mol. The van der Waals surface area contributed by atoms with Gasteiger partial charge in [-0.15, -0.1) is 0 Å². The first-order valence-corrected chi connectivity index (χ1v) is 10.2. The van der Waals surface area contributed by atoms with Crippen molar-refractivity contribution in [2.24, 2.45) is 0 Å². The number of sulfonamides is 1. The molecule has 5 nitrogen and oxygen atoms in total. The molecule has 0 unspecified atom stereocenters. The first kappa shape index (κ1) is 20.8. The summed E-state index contributed by atoms with van der Waals surface area (Å²) >= 11 is 5.91. The number of hydrogen-bond donors (Lipinski definition) is 0. The number of nitrogens with zero attached hydrogens (tertiary/aromatic N) is 2. The number of methoxy groups -OCH3 is 1. The molecule has 0 radical (unpaired) electrons. The Balaban J connectivity index is 1.78. The predicted molar refractivity (Wildman–Crippen MR) is 100 cm³/mol. The normalized spacial score (nSPS) is 16.2. The van der Waals surface area contributed by atoms with Gasteiger partial charge in [-0.2, -0.15) is 17.5 Å². The third kappa shape index (κ3) is 4.21. The van der Waals surface area contributed by atoms with Crippen LogP contribution >= 0.6 is 11.6 Å². The molecule has 0 spiro atoms. The maximum absolute atomic E-state index is 13.0. The summed E-state index contributed by atoms with van der Waals surface area (Å²) in [4.78, 5) is 1.47. The van der Waals surface area contributed by atoms with E-state index in [0.717, 1.165) is 22.1 Å². The molecule has 1 saturated heterocycles. The number of halogens is 4. The summed E-state index contributed by atoms with van der Waals surface area (Å²) in [5, 5.41) is -0.231. The highest BCUT2D eigenvalue weighted by Crippen LogP contribution is 2.34. The van der Waals surface area contributed by atoms with Crippen molar-refractivity contribution in [3.8, 4) is 5.75 Å². The lowest BCUT2D eigenvalue weighted by molar-refractivity contribution is -0.137. The van der Waals surface area contributed by atoms with E-state index in [0.29, 0.717) is 24.9 Å². The van der Waals surface area contributed by atoms with Gasteiger partial charge < -0.3 is 9.64 Å². The van der Waals surface area contributed by atoms with Crippen molar-refractivity contribution in [1.29, 1.82) is 0 Å². The van der Waals surface area contributed by atoms with Gasteiger partial charge in [-0.1, -0.05) is 11.6 Å². The molecule has 1 fully saturated rings. The van der Waals surface area contributed by atoms with Crippen LogP contribution in [0.4, 0.5) is 18.9 Å². The van der Waals surface area contributed by atoms with E-state index < -0.39 is 26.7 Å². The number of ether oxygens (including phenoxy) is 1. The van der Waals surface area contributed by atoms with Crippen LogP contribution in [-0.4, -0.2) is 46.0 Å². The molecule has 0 N–H and O–H groups in total. The lowest BCUT2D eigenvalue weighted by atomic mass is 10.2. The number of benzene rings is 2. The van der Waals surface area contributed by atoms with Crippen LogP contribution in [0.2, 0.25) is 5.02 Å². The van der Waals surface area contributed by atoms with Crippen LogP contribution in [0.3, 0.4) is 0 Å². The fraction of sp³-hybridized carbons (Fsp3) is 0.333. The molecule has 3 rings (SSSR count). The van der Waals surface area contributed by atoms with Crippen LogP contribution in [0.25, 0.3) is 0 Å². The maximum atomic E-state index is 13.0. The molecule has 1 heterocycles. The van der Waals surface area contributed by atoms with Crippen molar-refractivity contribution in [1.82, 2.24) is 4.31 Å². The van der Waals surface area contributed by atoms with E-state index >= 15 is 0 Å². The molecule has 0 bridgehead atoms. The fourth-order valence-electron chi connectivity index (χ4n) is 3.00. The monoisotopic (exact) mass is 434 g/mol. The number of rotatable bonds is 4. The number of hydrogen-bond acceptors (Lipinski definition) is 4. The van der Waals surface area contributed by atoms with Gasteiger partial charge in [0.25, 0.3) is 0 Å². The minimum absolute atomic E-state index is 0.140. The van der Waals surface area contributed by atoms with Crippen molar-refractivity contribution in [2.45, 2.75) is 11.1 Å². The van der Waals surface area contributed by atoms with Crippen LogP contribution < -0.4 is 9.64 Å². The highest BCUT2D eigenvalue weighted by Gasteiger charge is 2.35. The Labute approximate surface area is 166 Å². The summed E-state index contributed by atoms with van der Waals surface area (Å²) in [6, 6.07) is 9.67. The highest BCUT2D eigenvalue weighted by molar-refractivity contribution is 7.89. The van der Waals surface area contributed by atoms with Crippen LogP contribution in [0.1, 0.15) is 5.56 Å². The molecule has 2 aromatic carbocycles. The highest BCUT2D eigenvalue weighted by atomic mass is 35.5. The first-order chi connectivity index (χ1) is 13.1. The molecule has 1 aliphatic heterocycles. The van der Waals surface area contributed by atoms with Gasteiger partial charge in [0, 0.05) is 31.9 Å². The quantitative estimate of drug-likeness (QED) is 0.732. The summed E-state index contributed by atoms with van der Waals surface area (Å²) in [5.41, 5.74) is -0.137. The standard InChI is InChI=1S/C18H18ClF3N2O3S/c1-27-15-5-3-14(4-6-15)23-8-10-24(11-9-23)28(25,26)17-12-13(18(20,21)22)2-7-16(17)19/h2-7,12H,8-11H2,1H3. The molecular formula is C18H18ClF3N2O3S. The van der Waals surface area contributed by atoms with E-state index in [9.17, 15) is 21.6 Å². The Bertz CT molecular complexity index is 942. The van der Waals surface area contributed by atoms with Gasteiger partial charge in [-0.05, 0) is 42.5 Å². The summed E-state index contributed by atoms with van der Waals surface area (Å²) in [6.07, 6.45) is -4.65. The third-order valence-corrected chi connectivity index (χ3v) is 6.93. The molecular weight excluding hydrogens is 417 g/mol. The molecule has 28 heavy (non-hydrogen) atoms. The minimum Gasteiger partial charge on any atom is -0.497 e.